The van der Waals surface area contributed by atoms with Gasteiger partial charge in [-0.25, -0.2) is 0 Å². The van der Waals surface area contributed by atoms with E-state index in [-0.39, 0.29) is 25.0 Å². The maximum atomic E-state index is 12.3. The van der Waals surface area contributed by atoms with Crippen LogP contribution < -0.4 is 0 Å². The van der Waals surface area contributed by atoms with E-state index >= 15 is 0 Å². The molecule has 0 heterocycles. The molecule has 0 fully saturated rings. The maximum absolute atomic E-state index is 12.3. The van der Waals surface area contributed by atoms with E-state index in [0.29, 0.717) is 13.2 Å². The number of carbonyl (C=O) groups excluding carboxylic acids is 2. The van der Waals surface area contributed by atoms with Crippen molar-refractivity contribution < 1.29 is 19.1 Å². The second kappa shape index (κ2) is 9.20. The molecule has 0 aliphatic carbocycles. The van der Waals surface area contributed by atoms with Gasteiger partial charge >= 0.3 is 5.97 Å². The molecule has 22 heavy (non-hydrogen) atoms. The lowest BCUT2D eigenvalue weighted by molar-refractivity contribution is -0.147. The monoisotopic (exact) mass is 307 g/mol. The van der Waals surface area contributed by atoms with E-state index in [1.807, 2.05) is 45.0 Å². The first-order chi connectivity index (χ1) is 10.4. The first-order valence-corrected chi connectivity index (χ1v) is 7.44. The van der Waals surface area contributed by atoms with E-state index < -0.39 is 5.97 Å². The smallest absolute Gasteiger partial charge is 0.325 e. The molecule has 0 N–H and O–H groups in total. The average Bonchev–Trinajstić information content (AvgIpc) is 2.48. The maximum Gasteiger partial charge on any atom is 0.325 e. The lowest BCUT2D eigenvalue weighted by Crippen LogP contribution is -2.36. The summed E-state index contributed by atoms with van der Waals surface area (Å²) in [4.78, 5) is 25.4. The molecule has 0 bridgehead atoms. The van der Waals surface area contributed by atoms with Gasteiger partial charge in [0.2, 0.25) is 5.91 Å². The Morgan fingerprint density at radius 1 is 1.23 bits per heavy atom. The summed E-state index contributed by atoms with van der Waals surface area (Å²) in [5.74, 6) is -0.541. The molecule has 0 radical (unpaired) electrons. The van der Waals surface area contributed by atoms with Crippen LogP contribution in [0.4, 0.5) is 0 Å². The molecule has 0 aliphatic heterocycles. The van der Waals surface area contributed by atoms with E-state index in [0.717, 1.165) is 11.1 Å². The highest BCUT2D eigenvalue weighted by atomic mass is 16.5. The van der Waals surface area contributed by atoms with Crippen molar-refractivity contribution in [2.75, 3.05) is 20.3 Å². The van der Waals surface area contributed by atoms with Gasteiger partial charge in [0.1, 0.15) is 6.54 Å². The van der Waals surface area contributed by atoms with E-state index in [1.165, 1.54) is 12.0 Å². The first kappa shape index (κ1) is 18.2. The van der Waals surface area contributed by atoms with Crippen LogP contribution >= 0.6 is 0 Å². The summed E-state index contributed by atoms with van der Waals surface area (Å²) in [5, 5.41) is 0. The molecule has 0 saturated carbocycles. The van der Waals surface area contributed by atoms with Crippen LogP contribution in [0.2, 0.25) is 0 Å². The van der Waals surface area contributed by atoms with Gasteiger partial charge in [-0.3, -0.25) is 9.59 Å². The van der Waals surface area contributed by atoms with Crippen LogP contribution in [0.1, 0.15) is 31.4 Å². The Morgan fingerprint density at radius 3 is 2.50 bits per heavy atom. The number of amides is 1. The van der Waals surface area contributed by atoms with Gasteiger partial charge in [0.25, 0.3) is 0 Å². The Hall–Kier alpha value is -1.88. The third kappa shape index (κ3) is 6.26. The van der Waals surface area contributed by atoms with Gasteiger partial charge in [0, 0.05) is 6.54 Å². The quantitative estimate of drug-likeness (QED) is 0.692. The van der Waals surface area contributed by atoms with Crippen LogP contribution in [0.3, 0.4) is 0 Å². The summed E-state index contributed by atoms with van der Waals surface area (Å²) in [6.07, 6.45) is 0.333. The number of hydrogen-bond donors (Lipinski definition) is 0. The normalized spacial score (nSPS) is 10.6. The SMILES string of the molecule is COC(=O)CN(Cc1ccccc1C)C(=O)CCOC(C)C. The summed E-state index contributed by atoms with van der Waals surface area (Å²) < 4.78 is 10.1. The van der Waals surface area contributed by atoms with E-state index in [4.69, 9.17) is 4.74 Å². The summed E-state index contributed by atoms with van der Waals surface area (Å²) >= 11 is 0. The van der Waals surface area contributed by atoms with Gasteiger partial charge in [-0.1, -0.05) is 24.3 Å². The second-order valence-corrected chi connectivity index (χ2v) is 5.42. The molecule has 5 heteroatoms. The molecular weight excluding hydrogens is 282 g/mol. The zero-order valence-electron chi connectivity index (χ0n) is 13.8. The molecule has 0 aromatic heterocycles. The largest absolute Gasteiger partial charge is 0.468 e. The highest BCUT2D eigenvalue weighted by molar-refractivity contribution is 5.82. The highest BCUT2D eigenvalue weighted by Crippen LogP contribution is 2.11. The molecule has 0 saturated heterocycles. The number of aryl methyl sites for hydroxylation is 1. The molecule has 1 amide bonds. The van der Waals surface area contributed by atoms with Gasteiger partial charge in [-0.05, 0) is 31.9 Å². The number of methoxy groups -OCH3 is 1. The highest BCUT2D eigenvalue weighted by Gasteiger charge is 2.18. The Balaban J connectivity index is 2.73. The van der Waals surface area contributed by atoms with Crippen molar-refractivity contribution in [3.63, 3.8) is 0 Å². The van der Waals surface area contributed by atoms with E-state index in [9.17, 15) is 9.59 Å². The van der Waals surface area contributed by atoms with Gasteiger partial charge in [0.05, 0.1) is 26.2 Å². The van der Waals surface area contributed by atoms with Gasteiger partial charge in [-0.15, -0.1) is 0 Å². The second-order valence-electron chi connectivity index (χ2n) is 5.42. The van der Waals surface area contributed by atoms with Crippen molar-refractivity contribution in [2.45, 2.75) is 39.8 Å². The number of benzene rings is 1. The van der Waals surface area contributed by atoms with Gasteiger partial charge < -0.3 is 14.4 Å². The number of nitrogens with zero attached hydrogens (tertiary/aromatic N) is 1. The lowest BCUT2D eigenvalue weighted by atomic mass is 10.1. The summed E-state index contributed by atoms with van der Waals surface area (Å²) in [6.45, 7) is 6.52. The zero-order valence-corrected chi connectivity index (χ0v) is 13.8. The molecule has 1 aromatic carbocycles. The van der Waals surface area contributed by atoms with Crippen molar-refractivity contribution in [1.29, 1.82) is 0 Å². The molecule has 5 nitrogen and oxygen atoms in total. The number of hydrogen-bond acceptors (Lipinski definition) is 4. The van der Waals surface area contributed by atoms with Crippen LogP contribution in [-0.4, -0.2) is 43.1 Å². The fourth-order valence-electron chi connectivity index (χ4n) is 1.99. The molecule has 0 atom stereocenters. The Kier molecular flexibility index (Phi) is 7.60. The van der Waals surface area contributed by atoms with E-state index in [1.54, 1.807) is 0 Å². The molecule has 0 aliphatic rings. The molecule has 122 valence electrons. The standard InChI is InChI=1S/C17H25NO4/c1-13(2)22-10-9-16(19)18(12-17(20)21-4)11-15-8-6-5-7-14(15)3/h5-8,13H,9-12H2,1-4H3. The number of ether oxygens (including phenoxy) is 2. The third-order valence-electron chi connectivity index (χ3n) is 3.29. The lowest BCUT2D eigenvalue weighted by Gasteiger charge is -2.22. The molecule has 0 unspecified atom stereocenters. The molecule has 0 spiro atoms. The van der Waals surface area contributed by atoms with E-state index in [2.05, 4.69) is 4.74 Å². The third-order valence-corrected chi connectivity index (χ3v) is 3.29. The van der Waals surface area contributed by atoms with Crippen LogP contribution in [0.15, 0.2) is 24.3 Å². The Morgan fingerprint density at radius 2 is 1.91 bits per heavy atom. The molecular formula is C17H25NO4. The predicted molar refractivity (Wildman–Crippen MR) is 84.3 cm³/mol. The number of rotatable bonds is 8. The van der Waals surface area contributed by atoms with Crippen molar-refractivity contribution in [1.82, 2.24) is 4.90 Å². The van der Waals surface area contributed by atoms with Crippen molar-refractivity contribution in [3.05, 3.63) is 35.4 Å². The number of carbonyl (C=O) groups is 2. The Labute approximate surface area is 132 Å². The predicted octanol–water partition coefficient (Wildman–Crippen LogP) is 2.31. The minimum absolute atomic E-state index is 0.0503. The van der Waals surface area contributed by atoms with Crippen LogP contribution in [0.25, 0.3) is 0 Å². The first-order valence-electron chi connectivity index (χ1n) is 7.44. The van der Waals surface area contributed by atoms with Crippen LogP contribution in [-0.2, 0) is 25.6 Å². The van der Waals surface area contributed by atoms with Crippen molar-refractivity contribution in [3.8, 4) is 0 Å². The van der Waals surface area contributed by atoms with Gasteiger partial charge in [0.15, 0.2) is 0 Å². The van der Waals surface area contributed by atoms with Crippen molar-refractivity contribution >= 4 is 11.9 Å². The van der Waals surface area contributed by atoms with Crippen LogP contribution in [0, 0.1) is 6.92 Å². The number of esters is 1. The summed E-state index contributed by atoms with van der Waals surface area (Å²) in [6, 6.07) is 7.81. The minimum Gasteiger partial charge on any atom is -0.468 e. The fraction of sp³-hybridized carbons (Fsp3) is 0.529. The molecule has 1 aromatic rings. The topological polar surface area (TPSA) is 55.8 Å². The zero-order chi connectivity index (χ0) is 16.5. The fourth-order valence-corrected chi connectivity index (χ4v) is 1.99. The molecule has 1 rings (SSSR count). The Bertz CT molecular complexity index is 499. The summed E-state index contributed by atoms with van der Waals surface area (Å²) in [7, 11) is 1.32. The average molecular weight is 307 g/mol. The van der Waals surface area contributed by atoms with Crippen molar-refractivity contribution in [2.24, 2.45) is 0 Å². The summed E-state index contributed by atoms with van der Waals surface area (Å²) in [5.41, 5.74) is 2.10. The van der Waals surface area contributed by atoms with Gasteiger partial charge in [-0.2, -0.15) is 0 Å². The minimum atomic E-state index is -0.424. The van der Waals surface area contributed by atoms with Crippen LogP contribution in [0.5, 0.6) is 0 Å².